The standard InChI is InChI=1S/C20H20N4O3/c1-26-16-10-14-15(11-17(16)27-2)22-19(13-6-4-3-5-7-13)23-20(14)24-9-8-21-18(25)12-24/h3-7,10-11H,8-9,12H2,1-2H3,(H,21,25). The van der Waals surface area contributed by atoms with Gasteiger partial charge >= 0.3 is 0 Å². The fourth-order valence-electron chi connectivity index (χ4n) is 3.22. The number of fused-ring (bicyclic) bond motifs is 1. The van der Waals surface area contributed by atoms with Gasteiger partial charge in [0.05, 0.1) is 26.3 Å². The van der Waals surface area contributed by atoms with Crippen molar-refractivity contribution in [3.8, 4) is 22.9 Å². The zero-order valence-electron chi connectivity index (χ0n) is 15.2. The number of methoxy groups -OCH3 is 2. The monoisotopic (exact) mass is 364 g/mol. The summed E-state index contributed by atoms with van der Waals surface area (Å²) in [6.07, 6.45) is 0. The molecule has 2 heterocycles. The minimum Gasteiger partial charge on any atom is -0.493 e. The van der Waals surface area contributed by atoms with Gasteiger partial charge in [-0.15, -0.1) is 0 Å². The number of ether oxygens (including phenoxy) is 2. The third kappa shape index (κ3) is 3.23. The summed E-state index contributed by atoms with van der Waals surface area (Å²) in [7, 11) is 3.19. The molecule has 1 aromatic heterocycles. The van der Waals surface area contributed by atoms with Gasteiger partial charge in [-0.25, -0.2) is 9.97 Å². The van der Waals surface area contributed by atoms with Crippen LogP contribution in [-0.4, -0.2) is 49.7 Å². The lowest BCUT2D eigenvalue weighted by molar-refractivity contribution is -0.120. The summed E-state index contributed by atoms with van der Waals surface area (Å²) >= 11 is 0. The lowest BCUT2D eigenvalue weighted by Crippen LogP contribution is -2.48. The number of benzene rings is 2. The molecule has 3 aromatic rings. The molecule has 0 unspecified atom stereocenters. The van der Waals surface area contributed by atoms with Crippen molar-refractivity contribution < 1.29 is 14.3 Å². The molecule has 0 radical (unpaired) electrons. The molecule has 27 heavy (non-hydrogen) atoms. The van der Waals surface area contributed by atoms with E-state index >= 15 is 0 Å². The molecule has 0 atom stereocenters. The van der Waals surface area contributed by atoms with Crippen LogP contribution >= 0.6 is 0 Å². The van der Waals surface area contributed by atoms with E-state index in [1.165, 1.54) is 0 Å². The van der Waals surface area contributed by atoms with Crippen molar-refractivity contribution in [2.45, 2.75) is 0 Å². The van der Waals surface area contributed by atoms with Gasteiger partial charge < -0.3 is 19.7 Å². The van der Waals surface area contributed by atoms with Gasteiger partial charge in [0, 0.05) is 30.1 Å². The van der Waals surface area contributed by atoms with Crippen LogP contribution < -0.4 is 19.7 Å². The second kappa shape index (κ2) is 7.11. The summed E-state index contributed by atoms with van der Waals surface area (Å²) in [6.45, 7) is 1.52. The minimum absolute atomic E-state index is 0.0187. The van der Waals surface area contributed by atoms with Crippen molar-refractivity contribution in [1.29, 1.82) is 0 Å². The largest absolute Gasteiger partial charge is 0.493 e. The highest BCUT2D eigenvalue weighted by molar-refractivity contribution is 5.95. The molecule has 1 saturated heterocycles. The number of carbonyl (C=O) groups is 1. The van der Waals surface area contributed by atoms with Gasteiger partial charge in [-0.05, 0) is 6.07 Å². The maximum atomic E-state index is 11.9. The molecule has 0 spiro atoms. The summed E-state index contributed by atoms with van der Waals surface area (Å²) in [6, 6.07) is 13.5. The average molecular weight is 364 g/mol. The quantitative estimate of drug-likeness (QED) is 0.765. The van der Waals surface area contributed by atoms with E-state index < -0.39 is 0 Å². The first-order valence-electron chi connectivity index (χ1n) is 8.70. The van der Waals surface area contributed by atoms with Gasteiger partial charge in [0.15, 0.2) is 17.3 Å². The van der Waals surface area contributed by atoms with Gasteiger partial charge in [-0.3, -0.25) is 4.79 Å². The summed E-state index contributed by atoms with van der Waals surface area (Å²) < 4.78 is 10.9. The van der Waals surface area contributed by atoms with Crippen molar-refractivity contribution in [2.75, 3.05) is 38.8 Å². The van der Waals surface area contributed by atoms with Crippen LogP contribution in [0.2, 0.25) is 0 Å². The molecule has 1 N–H and O–H groups in total. The number of amides is 1. The minimum atomic E-state index is -0.0187. The van der Waals surface area contributed by atoms with Crippen LogP contribution in [0.25, 0.3) is 22.3 Å². The predicted molar refractivity (Wildman–Crippen MR) is 103 cm³/mol. The van der Waals surface area contributed by atoms with E-state index in [1.54, 1.807) is 14.2 Å². The highest BCUT2D eigenvalue weighted by Gasteiger charge is 2.22. The third-order valence-corrected chi connectivity index (χ3v) is 4.55. The Morgan fingerprint density at radius 3 is 2.48 bits per heavy atom. The van der Waals surface area contributed by atoms with Gasteiger partial charge in [0.2, 0.25) is 5.91 Å². The van der Waals surface area contributed by atoms with Crippen LogP contribution in [0, 0.1) is 0 Å². The normalized spacial score (nSPS) is 14.1. The Morgan fingerprint density at radius 1 is 1.04 bits per heavy atom. The van der Waals surface area contributed by atoms with Gasteiger partial charge in [-0.1, -0.05) is 30.3 Å². The van der Waals surface area contributed by atoms with Crippen molar-refractivity contribution in [3.63, 3.8) is 0 Å². The summed E-state index contributed by atoms with van der Waals surface area (Å²) in [5.41, 5.74) is 1.65. The van der Waals surface area contributed by atoms with Crippen LogP contribution in [0.3, 0.4) is 0 Å². The average Bonchev–Trinajstić information content (AvgIpc) is 2.72. The summed E-state index contributed by atoms with van der Waals surface area (Å²) in [5, 5.41) is 3.67. The molecule has 1 aliphatic heterocycles. The van der Waals surface area contributed by atoms with E-state index in [4.69, 9.17) is 19.4 Å². The molecular weight excluding hydrogens is 344 g/mol. The van der Waals surface area contributed by atoms with Crippen molar-refractivity contribution in [2.24, 2.45) is 0 Å². The molecule has 0 saturated carbocycles. The molecule has 2 aromatic carbocycles. The number of anilines is 1. The number of aromatic nitrogens is 2. The molecule has 7 heteroatoms. The second-order valence-corrected chi connectivity index (χ2v) is 6.23. The maximum absolute atomic E-state index is 11.9. The lowest BCUT2D eigenvalue weighted by atomic mass is 10.1. The molecule has 1 aliphatic rings. The fourth-order valence-corrected chi connectivity index (χ4v) is 3.22. The maximum Gasteiger partial charge on any atom is 0.239 e. The first kappa shape index (κ1) is 17.1. The Morgan fingerprint density at radius 2 is 1.78 bits per heavy atom. The number of hydrogen-bond acceptors (Lipinski definition) is 6. The number of piperazine rings is 1. The van der Waals surface area contributed by atoms with E-state index in [0.29, 0.717) is 30.4 Å². The predicted octanol–water partition coefficient (Wildman–Crippen LogP) is 2.25. The molecule has 1 fully saturated rings. The van der Waals surface area contributed by atoms with E-state index in [-0.39, 0.29) is 12.5 Å². The van der Waals surface area contributed by atoms with Crippen LogP contribution in [-0.2, 0) is 4.79 Å². The first-order chi connectivity index (χ1) is 13.2. The van der Waals surface area contributed by atoms with Gasteiger partial charge in [-0.2, -0.15) is 0 Å². The topological polar surface area (TPSA) is 76.6 Å². The lowest BCUT2D eigenvalue weighted by Gasteiger charge is -2.29. The zero-order valence-corrected chi connectivity index (χ0v) is 15.2. The molecule has 0 aliphatic carbocycles. The molecule has 4 rings (SSSR count). The Labute approximate surface area is 156 Å². The summed E-state index contributed by atoms with van der Waals surface area (Å²) in [4.78, 5) is 23.4. The number of hydrogen-bond donors (Lipinski definition) is 1. The van der Waals surface area contributed by atoms with Crippen LogP contribution in [0.15, 0.2) is 42.5 Å². The Hall–Kier alpha value is -3.35. The SMILES string of the molecule is COc1cc2nc(-c3ccccc3)nc(N3CCNC(=O)C3)c2cc1OC. The van der Waals surface area contributed by atoms with Crippen LogP contribution in [0.4, 0.5) is 5.82 Å². The highest BCUT2D eigenvalue weighted by Crippen LogP contribution is 2.36. The smallest absolute Gasteiger partial charge is 0.239 e. The first-order valence-corrected chi connectivity index (χ1v) is 8.70. The fraction of sp³-hybridized carbons (Fsp3) is 0.250. The number of rotatable bonds is 4. The van der Waals surface area contributed by atoms with E-state index in [0.717, 1.165) is 22.3 Å². The van der Waals surface area contributed by atoms with E-state index in [1.807, 2.05) is 47.4 Å². The Bertz CT molecular complexity index is 991. The number of carbonyl (C=O) groups excluding carboxylic acids is 1. The van der Waals surface area contributed by atoms with Gasteiger partial charge in [0.25, 0.3) is 0 Å². The van der Waals surface area contributed by atoms with Crippen LogP contribution in [0.1, 0.15) is 0 Å². The molecule has 1 amide bonds. The van der Waals surface area contributed by atoms with Crippen molar-refractivity contribution in [3.05, 3.63) is 42.5 Å². The Balaban J connectivity index is 1.95. The van der Waals surface area contributed by atoms with Crippen molar-refractivity contribution in [1.82, 2.24) is 15.3 Å². The van der Waals surface area contributed by atoms with Crippen LogP contribution in [0.5, 0.6) is 11.5 Å². The summed E-state index contributed by atoms with van der Waals surface area (Å²) in [5.74, 6) is 2.51. The highest BCUT2D eigenvalue weighted by atomic mass is 16.5. The van der Waals surface area contributed by atoms with E-state index in [2.05, 4.69) is 5.32 Å². The third-order valence-electron chi connectivity index (χ3n) is 4.55. The number of nitrogens with one attached hydrogen (secondary N) is 1. The Kier molecular flexibility index (Phi) is 4.50. The van der Waals surface area contributed by atoms with Gasteiger partial charge in [0.1, 0.15) is 5.82 Å². The molecule has 138 valence electrons. The molecule has 0 bridgehead atoms. The van der Waals surface area contributed by atoms with Crippen molar-refractivity contribution >= 4 is 22.6 Å². The number of nitrogens with zero attached hydrogens (tertiary/aromatic N) is 3. The second-order valence-electron chi connectivity index (χ2n) is 6.23. The zero-order chi connectivity index (χ0) is 18.8. The van der Waals surface area contributed by atoms with E-state index in [9.17, 15) is 4.79 Å². The molecular formula is C20H20N4O3. The molecule has 7 nitrogen and oxygen atoms in total.